The summed E-state index contributed by atoms with van der Waals surface area (Å²) in [5.41, 5.74) is 1.55. The number of carboxylic acids is 1. The summed E-state index contributed by atoms with van der Waals surface area (Å²) in [7, 11) is 1.71. The lowest BCUT2D eigenvalue weighted by atomic mass is 10.2. The minimum absolute atomic E-state index is 0.00741. The van der Waals surface area contributed by atoms with Gasteiger partial charge >= 0.3 is 5.97 Å². The van der Waals surface area contributed by atoms with Gasteiger partial charge in [0.05, 0.1) is 11.5 Å². The van der Waals surface area contributed by atoms with Crippen molar-refractivity contribution in [1.82, 2.24) is 4.90 Å². The summed E-state index contributed by atoms with van der Waals surface area (Å²) in [6, 6.07) is 15.9. The smallest absolute Gasteiger partial charge is 0.341 e. The van der Waals surface area contributed by atoms with Crippen LogP contribution in [0.3, 0.4) is 0 Å². The lowest BCUT2D eigenvalue weighted by Crippen LogP contribution is -2.28. The second-order valence-corrected chi connectivity index (χ2v) is 6.84. The van der Waals surface area contributed by atoms with E-state index < -0.39 is 12.6 Å². The second kappa shape index (κ2) is 10.4. The number of thioether (sulfide) groups is 1. The molecule has 0 aliphatic rings. The van der Waals surface area contributed by atoms with Gasteiger partial charge < -0.3 is 14.7 Å². The molecule has 0 spiro atoms. The predicted octanol–water partition coefficient (Wildman–Crippen LogP) is 2.72. The van der Waals surface area contributed by atoms with Crippen molar-refractivity contribution in [2.75, 3.05) is 25.2 Å². The lowest BCUT2D eigenvalue weighted by Gasteiger charge is -2.17. The molecule has 0 fully saturated rings. The van der Waals surface area contributed by atoms with Crippen molar-refractivity contribution in [2.24, 2.45) is 0 Å². The average Bonchev–Trinajstić information content (AvgIpc) is 2.67. The number of Topliss-reactive ketones (excluding diaryl/α,β-unsaturated/α-hetero) is 1. The first-order chi connectivity index (χ1) is 13.0. The maximum atomic E-state index is 12.2. The average molecular weight is 387 g/mol. The molecule has 0 heterocycles. The molecule has 7 heteroatoms. The highest BCUT2D eigenvalue weighted by Crippen LogP contribution is 2.14. The number of nitrogens with zero attached hydrogens (tertiary/aromatic N) is 1. The van der Waals surface area contributed by atoms with Crippen LogP contribution < -0.4 is 4.74 Å². The van der Waals surface area contributed by atoms with E-state index in [1.165, 1.54) is 11.8 Å². The third-order valence-electron chi connectivity index (χ3n) is 3.69. The van der Waals surface area contributed by atoms with Gasteiger partial charge in [-0.2, -0.15) is 0 Å². The summed E-state index contributed by atoms with van der Waals surface area (Å²) >= 11 is 1.30. The largest absolute Gasteiger partial charge is 0.482 e. The Morgan fingerprint density at radius 1 is 1.00 bits per heavy atom. The number of amides is 1. The van der Waals surface area contributed by atoms with Crippen LogP contribution in [0.4, 0.5) is 0 Å². The molecule has 0 aromatic heterocycles. The molecule has 2 aromatic carbocycles. The zero-order valence-electron chi connectivity index (χ0n) is 15.0. The number of ether oxygens (including phenoxy) is 1. The van der Waals surface area contributed by atoms with Crippen molar-refractivity contribution in [2.45, 2.75) is 6.54 Å². The molecule has 0 saturated carbocycles. The van der Waals surface area contributed by atoms with Crippen LogP contribution in [0.25, 0.3) is 0 Å². The Morgan fingerprint density at radius 3 is 2.30 bits per heavy atom. The highest BCUT2D eigenvalue weighted by Gasteiger charge is 2.12. The lowest BCUT2D eigenvalue weighted by molar-refractivity contribution is -0.139. The molecular weight excluding hydrogens is 366 g/mol. The molecule has 1 N–H and O–H groups in total. The number of rotatable bonds is 10. The Labute approximate surface area is 162 Å². The predicted molar refractivity (Wildman–Crippen MR) is 104 cm³/mol. The molecule has 0 atom stereocenters. The third-order valence-corrected chi connectivity index (χ3v) is 4.60. The zero-order valence-corrected chi connectivity index (χ0v) is 15.8. The summed E-state index contributed by atoms with van der Waals surface area (Å²) < 4.78 is 5.07. The van der Waals surface area contributed by atoms with E-state index in [9.17, 15) is 14.4 Å². The van der Waals surface area contributed by atoms with Gasteiger partial charge in [-0.3, -0.25) is 9.59 Å². The van der Waals surface area contributed by atoms with E-state index >= 15 is 0 Å². The van der Waals surface area contributed by atoms with Gasteiger partial charge in [-0.1, -0.05) is 42.5 Å². The van der Waals surface area contributed by atoms with Crippen molar-refractivity contribution < 1.29 is 24.2 Å². The number of carboxylic acid groups (broad SMARTS) is 1. The van der Waals surface area contributed by atoms with Crippen molar-refractivity contribution in [3.8, 4) is 5.75 Å². The zero-order chi connectivity index (χ0) is 19.6. The van der Waals surface area contributed by atoms with Crippen LogP contribution in [0.5, 0.6) is 5.75 Å². The van der Waals surface area contributed by atoms with Gasteiger partial charge in [0.1, 0.15) is 5.75 Å². The Balaban J connectivity index is 1.75. The number of carbonyl (C=O) groups is 3. The van der Waals surface area contributed by atoms with Crippen LogP contribution >= 0.6 is 11.8 Å². The fraction of sp³-hybridized carbons (Fsp3) is 0.250. The molecule has 2 rings (SSSR count). The van der Waals surface area contributed by atoms with Crippen LogP contribution in [0.2, 0.25) is 0 Å². The molecule has 0 aliphatic heterocycles. The standard InChI is InChI=1S/C20H21NO5S/c1-21(11-15-7-9-17(10-8-15)26-12-20(24)25)19(23)14-27-13-18(22)16-5-3-2-4-6-16/h2-10H,11-14H2,1H3,(H,24,25). The Kier molecular flexibility index (Phi) is 7.88. The maximum absolute atomic E-state index is 12.2. The molecular formula is C20H21NO5S. The number of hydrogen-bond donors (Lipinski definition) is 1. The molecule has 6 nitrogen and oxygen atoms in total. The van der Waals surface area contributed by atoms with Gasteiger partial charge in [0.25, 0.3) is 0 Å². The summed E-state index contributed by atoms with van der Waals surface area (Å²) in [5, 5.41) is 8.59. The monoisotopic (exact) mass is 387 g/mol. The van der Waals surface area contributed by atoms with Crippen molar-refractivity contribution in [3.63, 3.8) is 0 Å². The second-order valence-electron chi connectivity index (χ2n) is 5.86. The molecule has 0 bridgehead atoms. The van der Waals surface area contributed by atoms with Gasteiger partial charge in [-0.25, -0.2) is 4.79 Å². The van der Waals surface area contributed by atoms with E-state index in [0.29, 0.717) is 17.9 Å². The van der Waals surface area contributed by atoms with E-state index in [4.69, 9.17) is 9.84 Å². The van der Waals surface area contributed by atoms with Crippen LogP contribution in [0.1, 0.15) is 15.9 Å². The third kappa shape index (κ3) is 7.15. The molecule has 0 unspecified atom stereocenters. The van der Waals surface area contributed by atoms with Gasteiger partial charge in [-0.15, -0.1) is 11.8 Å². The van der Waals surface area contributed by atoms with Crippen molar-refractivity contribution in [3.05, 3.63) is 65.7 Å². The van der Waals surface area contributed by atoms with E-state index in [1.807, 2.05) is 18.2 Å². The van der Waals surface area contributed by atoms with Gasteiger partial charge in [0, 0.05) is 19.2 Å². The Bertz CT molecular complexity index is 777. The summed E-state index contributed by atoms with van der Waals surface area (Å²) in [6.45, 7) is 0.0297. The highest BCUT2D eigenvalue weighted by molar-refractivity contribution is 8.00. The molecule has 2 aromatic rings. The van der Waals surface area contributed by atoms with Gasteiger partial charge in [0.15, 0.2) is 12.4 Å². The Hall–Kier alpha value is -2.80. The number of carbonyl (C=O) groups excluding carboxylic acids is 2. The fourth-order valence-corrected chi connectivity index (χ4v) is 3.10. The topological polar surface area (TPSA) is 83.9 Å². The SMILES string of the molecule is CN(Cc1ccc(OCC(=O)O)cc1)C(=O)CSCC(=O)c1ccccc1. The molecule has 0 radical (unpaired) electrons. The van der Waals surface area contributed by atoms with E-state index in [0.717, 1.165) is 5.56 Å². The minimum atomic E-state index is -1.03. The first kappa shape index (κ1) is 20.5. The van der Waals surface area contributed by atoms with Crippen LogP contribution in [-0.4, -0.2) is 52.8 Å². The first-order valence-electron chi connectivity index (χ1n) is 8.29. The molecule has 0 saturated heterocycles. The molecule has 1 amide bonds. The van der Waals surface area contributed by atoms with Crippen molar-refractivity contribution in [1.29, 1.82) is 0 Å². The molecule has 27 heavy (non-hydrogen) atoms. The summed E-state index contributed by atoms with van der Waals surface area (Å²) in [6.07, 6.45) is 0. The van der Waals surface area contributed by atoms with E-state index in [-0.39, 0.29) is 23.2 Å². The van der Waals surface area contributed by atoms with Crippen molar-refractivity contribution >= 4 is 29.4 Å². The quantitative estimate of drug-likeness (QED) is 0.631. The summed E-state index contributed by atoms with van der Waals surface area (Å²) in [5.74, 6) is -0.133. The first-order valence-corrected chi connectivity index (χ1v) is 9.44. The number of aliphatic carboxylic acids is 1. The molecule has 142 valence electrons. The minimum Gasteiger partial charge on any atom is -0.482 e. The normalized spacial score (nSPS) is 10.3. The highest BCUT2D eigenvalue weighted by atomic mass is 32.2. The van der Waals surface area contributed by atoms with E-state index in [1.54, 1.807) is 48.3 Å². The fourth-order valence-electron chi connectivity index (χ4n) is 2.25. The molecule has 0 aliphatic carbocycles. The Morgan fingerprint density at radius 2 is 1.67 bits per heavy atom. The van der Waals surface area contributed by atoms with Gasteiger partial charge in [0.2, 0.25) is 5.91 Å². The van der Waals surface area contributed by atoms with Gasteiger partial charge in [-0.05, 0) is 17.7 Å². The maximum Gasteiger partial charge on any atom is 0.341 e. The number of hydrogen-bond acceptors (Lipinski definition) is 5. The number of ketones is 1. The summed E-state index contributed by atoms with van der Waals surface area (Å²) in [4.78, 5) is 36.3. The van der Waals surface area contributed by atoms with Crippen LogP contribution in [0.15, 0.2) is 54.6 Å². The van der Waals surface area contributed by atoms with Crippen LogP contribution in [-0.2, 0) is 16.1 Å². The number of benzene rings is 2. The van der Waals surface area contributed by atoms with Crippen LogP contribution in [0, 0.1) is 0 Å². The van der Waals surface area contributed by atoms with E-state index in [2.05, 4.69) is 0 Å².